The van der Waals surface area contributed by atoms with E-state index in [9.17, 15) is 39.5 Å². The standard InChI is InChI=1S/C15H5F9S/c16-13(17,18)6-1-2-11-8(3-6)9-4-7(14(19,20)21)5-10(12(9)25-11)15(22,23)24/h1-5H. The minimum atomic E-state index is -5.08. The Morgan fingerprint density at radius 2 is 1.16 bits per heavy atom. The zero-order valence-electron chi connectivity index (χ0n) is 11.7. The highest BCUT2D eigenvalue weighted by atomic mass is 32.1. The van der Waals surface area contributed by atoms with Crippen molar-refractivity contribution in [3.8, 4) is 0 Å². The lowest BCUT2D eigenvalue weighted by atomic mass is 10.0. The van der Waals surface area contributed by atoms with Gasteiger partial charge in [-0.2, -0.15) is 39.5 Å². The van der Waals surface area contributed by atoms with Crippen molar-refractivity contribution in [2.75, 3.05) is 0 Å². The molecule has 0 aliphatic rings. The Labute approximate surface area is 137 Å². The second kappa shape index (κ2) is 5.26. The highest BCUT2D eigenvalue weighted by Gasteiger charge is 2.39. The fraction of sp³-hybridized carbons (Fsp3) is 0.200. The molecule has 2 aromatic carbocycles. The van der Waals surface area contributed by atoms with Crippen molar-refractivity contribution in [2.45, 2.75) is 18.5 Å². The summed E-state index contributed by atoms with van der Waals surface area (Å²) < 4.78 is 116. The molecule has 0 aliphatic heterocycles. The summed E-state index contributed by atoms with van der Waals surface area (Å²) in [7, 11) is 0. The smallest absolute Gasteiger partial charge is 0.166 e. The van der Waals surface area contributed by atoms with Gasteiger partial charge in [-0.1, -0.05) is 0 Å². The zero-order valence-corrected chi connectivity index (χ0v) is 12.5. The molecule has 0 bridgehead atoms. The van der Waals surface area contributed by atoms with E-state index in [1.165, 1.54) is 0 Å². The molecule has 0 saturated heterocycles. The molecule has 3 rings (SSSR count). The van der Waals surface area contributed by atoms with Crippen LogP contribution in [0, 0.1) is 0 Å². The van der Waals surface area contributed by atoms with Crippen LogP contribution in [0.25, 0.3) is 20.2 Å². The van der Waals surface area contributed by atoms with Gasteiger partial charge in [-0.25, -0.2) is 0 Å². The van der Waals surface area contributed by atoms with E-state index in [4.69, 9.17) is 0 Å². The molecule has 0 fully saturated rings. The van der Waals surface area contributed by atoms with E-state index < -0.39 is 45.3 Å². The zero-order chi connectivity index (χ0) is 18.8. The first-order chi connectivity index (χ1) is 11.3. The van der Waals surface area contributed by atoms with E-state index in [2.05, 4.69) is 0 Å². The van der Waals surface area contributed by atoms with Crippen LogP contribution in [-0.4, -0.2) is 0 Å². The molecule has 3 aromatic rings. The molecular formula is C15H5F9S. The SMILES string of the molecule is FC(F)(F)c1ccc2sc3c(C(F)(F)F)cc(C(F)(F)F)cc3c2c1. The molecule has 0 aliphatic carbocycles. The Hall–Kier alpha value is -1.97. The van der Waals surface area contributed by atoms with E-state index in [0.29, 0.717) is 29.5 Å². The molecular weight excluding hydrogens is 383 g/mol. The van der Waals surface area contributed by atoms with E-state index in [0.717, 1.165) is 6.07 Å². The molecule has 10 heteroatoms. The van der Waals surface area contributed by atoms with Gasteiger partial charge in [0.15, 0.2) is 0 Å². The highest BCUT2D eigenvalue weighted by Crippen LogP contribution is 2.46. The number of hydrogen-bond acceptors (Lipinski definition) is 1. The third kappa shape index (κ3) is 3.14. The van der Waals surface area contributed by atoms with Gasteiger partial charge in [-0.3, -0.25) is 0 Å². The van der Waals surface area contributed by atoms with Crippen LogP contribution < -0.4 is 0 Å². The van der Waals surface area contributed by atoms with E-state index in [1.54, 1.807) is 0 Å². The van der Waals surface area contributed by atoms with Crippen LogP contribution in [-0.2, 0) is 18.5 Å². The van der Waals surface area contributed by atoms with Crippen molar-refractivity contribution in [3.05, 3.63) is 47.0 Å². The van der Waals surface area contributed by atoms with Crippen LogP contribution >= 0.6 is 11.3 Å². The minimum absolute atomic E-state index is 0.0254. The summed E-state index contributed by atoms with van der Waals surface area (Å²) in [4.78, 5) is 0. The molecule has 0 unspecified atom stereocenters. The van der Waals surface area contributed by atoms with Crippen molar-refractivity contribution in [2.24, 2.45) is 0 Å². The maximum absolute atomic E-state index is 13.1. The molecule has 0 nitrogen and oxygen atoms in total. The second-order valence-corrected chi connectivity index (χ2v) is 6.26. The Balaban J connectivity index is 2.44. The van der Waals surface area contributed by atoms with Gasteiger partial charge in [0.2, 0.25) is 0 Å². The number of halogens is 9. The molecule has 0 atom stereocenters. The molecule has 0 saturated carbocycles. The maximum Gasteiger partial charge on any atom is 0.417 e. The highest BCUT2D eigenvalue weighted by molar-refractivity contribution is 7.26. The Morgan fingerprint density at radius 1 is 0.600 bits per heavy atom. The van der Waals surface area contributed by atoms with Crippen LogP contribution in [0.15, 0.2) is 30.3 Å². The second-order valence-electron chi connectivity index (χ2n) is 5.21. The minimum Gasteiger partial charge on any atom is -0.166 e. The van der Waals surface area contributed by atoms with Crippen molar-refractivity contribution in [1.82, 2.24) is 0 Å². The summed E-state index contributed by atoms with van der Waals surface area (Å²) in [6, 6.07) is 2.62. The number of rotatable bonds is 0. The summed E-state index contributed by atoms with van der Waals surface area (Å²) in [5, 5.41) is -0.806. The molecule has 0 amide bonds. The van der Waals surface area contributed by atoms with Gasteiger partial charge in [0.1, 0.15) is 0 Å². The predicted molar refractivity (Wildman–Crippen MR) is 74.3 cm³/mol. The number of fused-ring (bicyclic) bond motifs is 3. The summed E-state index contributed by atoms with van der Waals surface area (Å²) in [5.41, 5.74) is -4.23. The quantitative estimate of drug-likeness (QED) is 0.360. The van der Waals surface area contributed by atoms with Crippen molar-refractivity contribution in [3.63, 3.8) is 0 Å². The van der Waals surface area contributed by atoms with Gasteiger partial charge in [-0.15, -0.1) is 11.3 Å². The number of alkyl halides is 9. The van der Waals surface area contributed by atoms with Crippen LogP contribution in [0.1, 0.15) is 16.7 Å². The third-order valence-corrected chi connectivity index (χ3v) is 4.75. The first-order valence-electron chi connectivity index (χ1n) is 6.50. The first kappa shape index (κ1) is 17.8. The molecule has 0 radical (unpaired) electrons. The van der Waals surface area contributed by atoms with Crippen LogP contribution in [0.5, 0.6) is 0 Å². The Kier molecular flexibility index (Phi) is 3.76. The summed E-state index contributed by atoms with van der Waals surface area (Å²) >= 11 is 0.499. The molecule has 25 heavy (non-hydrogen) atoms. The summed E-state index contributed by atoms with van der Waals surface area (Å²) in [5.74, 6) is 0. The molecule has 1 aromatic heterocycles. The van der Waals surface area contributed by atoms with Crippen LogP contribution in [0.3, 0.4) is 0 Å². The predicted octanol–water partition coefficient (Wildman–Crippen LogP) is 7.11. The van der Waals surface area contributed by atoms with Crippen LogP contribution in [0.4, 0.5) is 39.5 Å². The first-order valence-corrected chi connectivity index (χ1v) is 7.32. The Morgan fingerprint density at radius 3 is 1.68 bits per heavy atom. The van der Waals surface area contributed by atoms with Crippen molar-refractivity contribution >= 4 is 31.5 Å². The topological polar surface area (TPSA) is 0 Å². The molecule has 1 heterocycles. The lowest BCUT2D eigenvalue weighted by molar-refractivity contribution is -0.142. The fourth-order valence-corrected chi connectivity index (χ4v) is 3.63. The van der Waals surface area contributed by atoms with Gasteiger partial charge >= 0.3 is 18.5 Å². The number of benzene rings is 2. The summed E-state index contributed by atoms with van der Waals surface area (Å²) in [6.45, 7) is 0. The fourth-order valence-electron chi connectivity index (χ4n) is 2.43. The molecule has 134 valence electrons. The van der Waals surface area contributed by atoms with Crippen molar-refractivity contribution in [1.29, 1.82) is 0 Å². The van der Waals surface area contributed by atoms with E-state index in [-0.39, 0.29) is 16.2 Å². The van der Waals surface area contributed by atoms with E-state index in [1.807, 2.05) is 0 Å². The average Bonchev–Trinajstić information content (AvgIpc) is 2.80. The third-order valence-electron chi connectivity index (χ3n) is 3.53. The van der Waals surface area contributed by atoms with Gasteiger partial charge in [-0.05, 0) is 30.3 Å². The van der Waals surface area contributed by atoms with E-state index >= 15 is 0 Å². The number of thiophene rings is 1. The van der Waals surface area contributed by atoms with Crippen molar-refractivity contribution < 1.29 is 39.5 Å². The van der Waals surface area contributed by atoms with Gasteiger partial charge in [0, 0.05) is 20.2 Å². The lowest BCUT2D eigenvalue weighted by Gasteiger charge is -2.13. The molecule has 0 N–H and O–H groups in total. The van der Waals surface area contributed by atoms with Gasteiger partial charge in [0.25, 0.3) is 0 Å². The average molecular weight is 388 g/mol. The van der Waals surface area contributed by atoms with Gasteiger partial charge < -0.3 is 0 Å². The van der Waals surface area contributed by atoms with Crippen LogP contribution in [0.2, 0.25) is 0 Å². The normalized spacial score (nSPS) is 13.8. The monoisotopic (exact) mass is 388 g/mol. The number of hydrogen-bond donors (Lipinski definition) is 0. The maximum atomic E-state index is 13.1. The molecule has 0 spiro atoms. The summed E-state index contributed by atoms with van der Waals surface area (Å²) in [6.07, 6.45) is -14.9. The Bertz CT molecular complexity index is 957. The van der Waals surface area contributed by atoms with Gasteiger partial charge in [0.05, 0.1) is 16.7 Å². The largest absolute Gasteiger partial charge is 0.417 e. The lowest BCUT2D eigenvalue weighted by Crippen LogP contribution is -2.10.